The van der Waals surface area contributed by atoms with Crippen molar-refractivity contribution in [1.29, 1.82) is 0 Å². The molecular weight excluding hydrogens is 363 g/mol. The van der Waals surface area contributed by atoms with Gasteiger partial charge in [-0.3, -0.25) is 9.69 Å². The first kappa shape index (κ1) is 17.8. The van der Waals surface area contributed by atoms with Crippen LogP contribution in [0, 0.1) is 5.82 Å². The van der Waals surface area contributed by atoms with E-state index < -0.39 is 0 Å². The average Bonchev–Trinajstić information content (AvgIpc) is 3.30. The van der Waals surface area contributed by atoms with Gasteiger partial charge in [0.2, 0.25) is 5.01 Å². The number of carbonyl (C=O) groups is 1. The minimum Gasteiger partial charge on any atom is -0.320 e. The number of aryl methyl sites for hydroxylation is 1. The van der Waals surface area contributed by atoms with E-state index in [2.05, 4.69) is 51.7 Å². The molecule has 0 bridgehead atoms. The van der Waals surface area contributed by atoms with Crippen molar-refractivity contribution in [2.75, 3.05) is 12.4 Å². The van der Waals surface area contributed by atoms with Crippen molar-refractivity contribution >= 4 is 22.9 Å². The van der Waals surface area contributed by atoms with Gasteiger partial charge in [0.25, 0.3) is 5.91 Å². The third-order valence-electron chi connectivity index (χ3n) is 4.78. The summed E-state index contributed by atoms with van der Waals surface area (Å²) in [7, 11) is 2.08. The molecule has 1 unspecified atom stereocenters. The Labute approximate surface area is 160 Å². The first-order valence-corrected chi connectivity index (χ1v) is 9.59. The van der Waals surface area contributed by atoms with Gasteiger partial charge in [-0.05, 0) is 55.3 Å². The van der Waals surface area contributed by atoms with Crippen molar-refractivity contribution in [2.45, 2.75) is 25.4 Å². The summed E-state index contributed by atoms with van der Waals surface area (Å²) in [5.41, 5.74) is 3.31. The second kappa shape index (κ2) is 7.54. The Kier molecular flexibility index (Phi) is 4.96. The van der Waals surface area contributed by atoms with E-state index in [1.165, 1.54) is 46.7 Å². The van der Waals surface area contributed by atoms with E-state index in [9.17, 15) is 9.18 Å². The lowest BCUT2D eigenvalue weighted by molar-refractivity contribution is 0.102. The highest BCUT2D eigenvalue weighted by atomic mass is 32.1. The number of halogens is 1. The van der Waals surface area contributed by atoms with Crippen LogP contribution in [-0.4, -0.2) is 28.1 Å². The van der Waals surface area contributed by atoms with Crippen LogP contribution < -0.4 is 5.32 Å². The number of nitrogens with one attached hydrogen (secondary N) is 1. The molecule has 0 saturated carbocycles. The summed E-state index contributed by atoms with van der Waals surface area (Å²) in [6.45, 7) is 0.639. The maximum absolute atomic E-state index is 13.0. The zero-order valence-electron chi connectivity index (χ0n) is 14.9. The summed E-state index contributed by atoms with van der Waals surface area (Å²) in [5, 5.41) is 12.0. The highest BCUT2D eigenvalue weighted by Crippen LogP contribution is 2.35. The fraction of sp³-hybridized carbons (Fsp3) is 0.250. The maximum atomic E-state index is 13.0. The van der Waals surface area contributed by atoms with Crippen LogP contribution in [0.4, 0.5) is 10.1 Å². The lowest BCUT2D eigenvalue weighted by atomic mass is 10.1. The molecule has 0 aliphatic heterocycles. The van der Waals surface area contributed by atoms with Gasteiger partial charge in [-0.25, -0.2) is 4.39 Å². The molecule has 2 aromatic carbocycles. The van der Waals surface area contributed by atoms with Crippen molar-refractivity contribution in [3.8, 4) is 0 Å². The van der Waals surface area contributed by atoms with E-state index in [-0.39, 0.29) is 11.7 Å². The first-order chi connectivity index (χ1) is 13.1. The predicted molar refractivity (Wildman–Crippen MR) is 103 cm³/mol. The Morgan fingerprint density at radius 1 is 1.22 bits per heavy atom. The number of nitrogens with zero attached hydrogens (tertiary/aromatic N) is 3. The van der Waals surface area contributed by atoms with Gasteiger partial charge in [-0.15, -0.1) is 10.2 Å². The number of rotatable bonds is 5. The number of aromatic nitrogens is 2. The summed E-state index contributed by atoms with van der Waals surface area (Å²) >= 11 is 1.28. The Balaban J connectivity index is 1.41. The average molecular weight is 382 g/mol. The van der Waals surface area contributed by atoms with Crippen LogP contribution in [0.1, 0.15) is 38.4 Å². The Morgan fingerprint density at radius 3 is 2.81 bits per heavy atom. The van der Waals surface area contributed by atoms with E-state index in [1.807, 2.05) is 0 Å². The summed E-state index contributed by atoms with van der Waals surface area (Å²) in [4.78, 5) is 14.6. The van der Waals surface area contributed by atoms with Gasteiger partial charge in [-0.2, -0.15) is 0 Å². The second-order valence-electron chi connectivity index (χ2n) is 6.63. The summed E-state index contributed by atoms with van der Waals surface area (Å²) < 4.78 is 13.0. The molecule has 0 radical (unpaired) electrons. The smallest absolute Gasteiger partial charge is 0.286 e. The zero-order valence-corrected chi connectivity index (χ0v) is 15.7. The van der Waals surface area contributed by atoms with Crippen molar-refractivity contribution in [3.05, 3.63) is 75.5 Å². The lowest BCUT2D eigenvalue weighted by Gasteiger charge is -2.23. The number of amides is 1. The molecule has 7 heteroatoms. The molecule has 138 valence electrons. The highest BCUT2D eigenvalue weighted by Gasteiger charge is 2.26. The molecule has 0 saturated heterocycles. The van der Waals surface area contributed by atoms with Crippen LogP contribution in [0.15, 0.2) is 48.5 Å². The standard InChI is InChI=1S/C20H19FN4OS/c1-25(17-11-6-13-4-2-3-5-16(13)17)12-18-23-24-20(27-18)19(26)22-15-9-7-14(21)8-10-15/h2-5,7-10,17H,6,11-12H2,1H3,(H,22,26). The number of benzene rings is 2. The van der Waals surface area contributed by atoms with E-state index in [0.29, 0.717) is 23.3 Å². The molecule has 3 aromatic rings. The normalized spacial score (nSPS) is 15.7. The van der Waals surface area contributed by atoms with Crippen LogP contribution in [0.2, 0.25) is 0 Å². The van der Waals surface area contributed by atoms with Crippen LogP contribution in [-0.2, 0) is 13.0 Å². The Hall–Kier alpha value is -2.64. The van der Waals surface area contributed by atoms with Gasteiger partial charge >= 0.3 is 0 Å². The molecule has 4 rings (SSSR count). The molecular formula is C20H19FN4OS. The zero-order chi connectivity index (χ0) is 18.8. The van der Waals surface area contributed by atoms with E-state index in [4.69, 9.17) is 0 Å². The van der Waals surface area contributed by atoms with Crippen LogP contribution in [0.3, 0.4) is 0 Å². The van der Waals surface area contributed by atoms with Gasteiger partial charge in [0, 0.05) is 11.7 Å². The van der Waals surface area contributed by atoms with Gasteiger partial charge in [0.15, 0.2) is 0 Å². The molecule has 0 fully saturated rings. The van der Waals surface area contributed by atoms with Crippen molar-refractivity contribution < 1.29 is 9.18 Å². The maximum Gasteiger partial charge on any atom is 0.286 e. The Bertz CT molecular complexity index is 957. The second-order valence-corrected chi connectivity index (χ2v) is 7.69. The number of hydrogen-bond donors (Lipinski definition) is 1. The van der Waals surface area contributed by atoms with Gasteiger partial charge < -0.3 is 5.32 Å². The monoisotopic (exact) mass is 382 g/mol. The molecule has 27 heavy (non-hydrogen) atoms. The fourth-order valence-corrected chi connectivity index (χ4v) is 4.24. The van der Waals surface area contributed by atoms with Crippen molar-refractivity contribution in [1.82, 2.24) is 15.1 Å². The highest BCUT2D eigenvalue weighted by molar-refractivity contribution is 7.13. The number of anilines is 1. The van der Waals surface area contributed by atoms with Crippen molar-refractivity contribution in [2.24, 2.45) is 0 Å². The molecule has 5 nitrogen and oxygen atoms in total. The molecule has 1 amide bonds. The molecule has 1 aliphatic rings. The Morgan fingerprint density at radius 2 is 2.00 bits per heavy atom. The summed E-state index contributed by atoms with van der Waals surface area (Å²) in [6, 6.07) is 14.5. The summed E-state index contributed by atoms with van der Waals surface area (Å²) in [5.74, 6) is -0.679. The van der Waals surface area contributed by atoms with Crippen LogP contribution in [0.5, 0.6) is 0 Å². The molecule has 1 N–H and O–H groups in total. The topological polar surface area (TPSA) is 58.1 Å². The van der Waals surface area contributed by atoms with Gasteiger partial charge in [0.05, 0.1) is 6.54 Å². The third-order valence-corrected chi connectivity index (χ3v) is 5.69. The van der Waals surface area contributed by atoms with Gasteiger partial charge in [0.1, 0.15) is 10.8 Å². The number of hydrogen-bond acceptors (Lipinski definition) is 5. The van der Waals surface area contributed by atoms with Gasteiger partial charge in [-0.1, -0.05) is 35.6 Å². The van der Waals surface area contributed by atoms with E-state index in [0.717, 1.165) is 17.8 Å². The van der Waals surface area contributed by atoms with Crippen LogP contribution >= 0.6 is 11.3 Å². The SMILES string of the molecule is CN(Cc1nnc(C(=O)Nc2ccc(F)cc2)s1)C1CCc2ccccc21. The van der Waals surface area contributed by atoms with E-state index in [1.54, 1.807) is 0 Å². The number of fused-ring (bicyclic) bond motifs is 1. The van der Waals surface area contributed by atoms with E-state index >= 15 is 0 Å². The molecule has 1 atom stereocenters. The minimum atomic E-state index is -0.345. The lowest BCUT2D eigenvalue weighted by Crippen LogP contribution is -2.22. The number of carbonyl (C=O) groups excluding carboxylic acids is 1. The third kappa shape index (κ3) is 3.89. The fourth-order valence-electron chi connectivity index (χ4n) is 3.44. The molecule has 1 aliphatic carbocycles. The first-order valence-electron chi connectivity index (χ1n) is 8.77. The minimum absolute atomic E-state index is 0.301. The summed E-state index contributed by atoms with van der Waals surface area (Å²) in [6.07, 6.45) is 2.18. The largest absolute Gasteiger partial charge is 0.320 e. The predicted octanol–water partition coefficient (Wildman–Crippen LogP) is 4.05. The molecule has 1 aromatic heterocycles. The van der Waals surface area contributed by atoms with Crippen molar-refractivity contribution in [3.63, 3.8) is 0 Å². The van der Waals surface area contributed by atoms with Crippen LogP contribution in [0.25, 0.3) is 0 Å². The quantitative estimate of drug-likeness (QED) is 0.723. The molecule has 1 heterocycles. The molecule has 0 spiro atoms.